The molecular weight excluding hydrogens is 189 g/mol. The van der Waals surface area contributed by atoms with Crippen LogP contribution in [0.5, 0.6) is 0 Å². The number of nitrogens with one attached hydrogen (secondary N) is 1. The van der Waals surface area contributed by atoms with Gasteiger partial charge in [0.2, 0.25) is 0 Å². The van der Waals surface area contributed by atoms with Crippen LogP contribution in [0, 0.1) is 0 Å². The second-order valence-corrected chi connectivity index (χ2v) is 3.22. The van der Waals surface area contributed by atoms with Crippen molar-refractivity contribution in [2.24, 2.45) is 0 Å². The molecule has 7 heteroatoms. The Bertz CT molecular complexity index is 217. The summed E-state index contributed by atoms with van der Waals surface area (Å²) in [4.78, 5) is 10.6. The molecule has 0 aromatic heterocycles. The first-order valence-corrected chi connectivity index (χ1v) is 4.30. The molecule has 1 N–H and O–H groups in total. The molecule has 70 valence electrons. The van der Waals surface area contributed by atoms with E-state index in [0.717, 1.165) is 0 Å². The van der Waals surface area contributed by atoms with E-state index in [9.17, 15) is 17.9 Å². The Morgan fingerprint density at radius 2 is 2.33 bits per heavy atom. The summed E-state index contributed by atoms with van der Waals surface area (Å²) >= 11 is -2.70. The van der Waals surface area contributed by atoms with Crippen LogP contribution in [0.1, 0.15) is 12.8 Å². The standard InChI is InChI=1S/C5H8FNO4S/c6-3-5(1-2-5)11-4(8)7-12(9)10/h1-3H2,(H,7,8)(H,9,10)/p-1. The first-order chi connectivity index (χ1) is 5.58. The van der Waals surface area contributed by atoms with Crippen LogP contribution >= 0.6 is 0 Å². The van der Waals surface area contributed by atoms with Crippen molar-refractivity contribution in [1.29, 1.82) is 0 Å². The predicted octanol–water partition coefficient (Wildman–Crippen LogP) is 0.00880. The molecule has 0 aromatic carbocycles. The number of halogens is 1. The van der Waals surface area contributed by atoms with Gasteiger partial charge in [0.15, 0.2) is 0 Å². The highest BCUT2D eigenvalue weighted by Gasteiger charge is 2.47. The maximum absolute atomic E-state index is 12.1. The Labute approximate surface area is 70.7 Å². The summed E-state index contributed by atoms with van der Waals surface area (Å²) in [6, 6.07) is 0. The van der Waals surface area contributed by atoms with E-state index in [1.165, 1.54) is 4.72 Å². The summed E-state index contributed by atoms with van der Waals surface area (Å²) in [5, 5.41) is 0. The molecule has 1 atom stereocenters. The molecule has 1 fully saturated rings. The van der Waals surface area contributed by atoms with Crippen molar-refractivity contribution in [3.8, 4) is 0 Å². The monoisotopic (exact) mass is 196 g/mol. The summed E-state index contributed by atoms with van der Waals surface area (Å²) in [5.74, 6) is 0. The number of rotatable bonds is 3. The van der Waals surface area contributed by atoms with Gasteiger partial charge in [-0.2, -0.15) is 0 Å². The van der Waals surface area contributed by atoms with Crippen molar-refractivity contribution in [3.63, 3.8) is 0 Å². The number of carbonyl (C=O) groups is 1. The highest BCUT2D eigenvalue weighted by atomic mass is 32.2. The van der Waals surface area contributed by atoms with E-state index in [1.807, 2.05) is 0 Å². The van der Waals surface area contributed by atoms with Crippen molar-refractivity contribution in [1.82, 2.24) is 4.72 Å². The van der Waals surface area contributed by atoms with E-state index in [1.54, 1.807) is 0 Å². The first kappa shape index (κ1) is 9.40. The average molecular weight is 196 g/mol. The van der Waals surface area contributed by atoms with E-state index < -0.39 is 29.6 Å². The van der Waals surface area contributed by atoms with Gasteiger partial charge >= 0.3 is 6.09 Å². The third-order valence-corrected chi connectivity index (χ3v) is 1.86. The lowest BCUT2D eigenvalue weighted by molar-refractivity contribution is 0.0696. The zero-order chi connectivity index (χ0) is 9.19. The molecule has 0 aromatic rings. The minimum absolute atomic E-state index is 0.447. The molecule has 5 nitrogen and oxygen atoms in total. The van der Waals surface area contributed by atoms with Crippen LogP contribution in [0.4, 0.5) is 9.18 Å². The molecule has 1 aliphatic carbocycles. The first-order valence-electron chi connectivity index (χ1n) is 3.23. The van der Waals surface area contributed by atoms with Crippen molar-refractivity contribution >= 4 is 17.4 Å². The Hall–Kier alpha value is -0.690. The quantitative estimate of drug-likeness (QED) is 0.645. The maximum Gasteiger partial charge on any atom is 0.418 e. The fourth-order valence-electron chi connectivity index (χ4n) is 0.688. The van der Waals surface area contributed by atoms with Crippen molar-refractivity contribution < 1.29 is 22.7 Å². The molecule has 0 radical (unpaired) electrons. The van der Waals surface area contributed by atoms with E-state index in [2.05, 4.69) is 4.74 Å². The van der Waals surface area contributed by atoms with Gasteiger partial charge in [0, 0.05) is 11.3 Å². The average Bonchev–Trinajstić information content (AvgIpc) is 2.67. The summed E-state index contributed by atoms with van der Waals surface area (Å²) in [5.41, 5.74) is -1.05. The lowest BCUT2D eigenvalue weighted by Crippen LogP contribution is -2.32. The summed E-state index contributed by atoms with van der Waals surface area (Å²) in [6.07, 6.45) is -0.233. The van der Waals surface area contributed by atoms with Crippen LogP contribution in [0.15, 0.2) is 0 Å². The van der Waals surface area contributed by atoms with Gasteiger partial charge in [-0.15, -0.1) is 0 Å². The third-order valence-electron chi connectivity index (χ3n) is 1.53. The molecule has 1 aliphatic rings. The fraction of sp³-hybridized carbons (Fsp3) is 0.800. The Kier molecular flexibility index (Phi) is 2.63. The molecule has 0 saturated heterocycles. The molecular formula is C5H7FNO4S-. The Morgan fingerprint density at radius 3 is 2.67 bits per heavy atom. The fourth-order valence-corrected chi connectivity index (χ4v) is 0.866. The molecule has 0 spiro atoms. The van der Waals surface area contributed by atoms with Crippen molar-refractivity contribution in [2.75, 3.05) is 6.67 Å². The molecule has 1 rings (SSSR count). The summed E-state index contributed by atoms with van der Waals surface area (Å²) in [6.45, 7) is -0.772. The van der Waals surface area contributed by atoms with Crippen LogP contribution in [-0.2, 0) is 16.0 Å². The summed E-state index contributed by atoms with van der Waals surface area (Å²) < 4.78 is 37.8. The van der Waals surface area contributed by atoms with Gasteiger partial charge in [-0.1, -0.05) is 0 Å². The lowest BCUT2D eigenvalue weighted by Gasteiger charge is -2.13. The molecule has 0 heterocycles. The van der Waals surface area contributed by atoms with Crippen LogP contribution in [0.3, 0.4) is 0 Å². The SMILES string of the molecule is O=C(NS(=O)[O-])OC1(CF)CC1. The van der Waals surface area contributed by atoms with E-state index in [-0.39, 0.29) is 0 Å². The van der Waals surface area contributed by atoms with E-state index >= 15 is 0 Å². The minimum atomic E-state index is -2.70. The van der Waals surface area contributed by atoms with Crippen LogP contribution in [0.25, 0.3) is 0 Å². The summed E-state index contributed by atoms with van der Waals surface area (Å²) in [7, 11) is 0. The highest BCUT2D eigenvalue weighted by Crippen LogP contribution is 2.39. The predicted molar refractivity (Wildman–Crippen MR) is 36.5 cm³/mol. The van der Waals surface area contributed by atoms with Gasteiger partial charge in [-0.3, -0.25) is 8.93 Å². The van der Waals surface area contributed by atoms with Crippen molar-refractivity contribution in [2.45, 2.75) is 18.4 Å². The lowest BCUT2D eigenvalue weighted by atomic mass is 10.4. The van der Waals surface area contributed by atoms with Crippen molar-refractivity contribution in [3.05, 3.63) is 0 Å². The number of carbonyl (C=O) groups excluding carboxylic acids is 1. The van der Waals surface area contributed by atoms with Gasteiger partial charge in [0.25, 0.3) is 0 Å². The van der Waals surface area contributed by atoms with E-state index in [0.29, 0.717) is 12.8 Å². The van der Waals surface area contributed by atoms with E-state index in [4.69, 9.17) is 0 Å². The van der Waals surface area contributed by atoms with Crippen LogP contribution in [-0.4, -0.2) is 27.1 Å². The number of ether oxygens (including phenoxy) is 1. The number of hydrogen-bond acceptors (Lipinski definition) is 4. The molecule has 12 heavy (non-hydrogen) atoms. The zero-order valence-electron chi connectivity index (χ0n) is 6.04. The molecule has 0 aliphatic heterocycles. The van der Waals surface area contributed by atoms with Gasteiger partial charge in [-0.25, -0.2) is 9.18 Å². The highest BCUT2D eigenvalue weighted by molar-refractivity contribution is 7.77. The molecule has 1 unspecified atom stereocenters. The second-order valence-electron chi connectivity index (χ2n) is 2.54. The van der Waals surface area contributed by atoms with Gasteiger partial charge < -0.3 is 9.29 Å². The zero-order valence-corrected chi connectivity index (χ0v) is 6.86. The number of hydrogen-bond donors (Lipinski definition) is 1. The molecule has 0 bridgehead atoms. The Balaban J connectivity index is 2.31. The molecule has 1 amide bonds. The topological polar surface area (TPSA) is 78.5 Å². The smallest absolute Gasteiger partial charge is 0.418 e. The van der Waals surface area contributed by atoms with Gasteiger partial charge in [0.1, 0.15) is 12.3 Å². The maximum atomic E-state index is 12.1. The van der Waals surface area contributed by atoms with Gasteiger partial charge in [-0.05, 0) is 12.8 Å². The third kappa shape index (κ3) is 2.42. The minimum Gasteiger partial charge on any atom is -0.755 e. The number of amides is 1. The normalized spacial score (nSPS) is 21.2. The van der Waals surface area contributed by atoms with Gasteiger partial charge in [0.05, 0.1) is 0 Å². The second kappa shape index (κ2) is 3.36. The van der Waals surface area contributed by atoms with Crippen LogP contribution < -0.4 is 4.72 Å². The van der Waals surface area contributed by atoms with Crippen LogP contribution in [0.2, 0.25) is 0 Å². The largest absolute Gasteiger partial charge is 0.755 e. The Morgan fingerprint density at radius 1 is 1.75 bits per heavy atom. The number of alkyl halides is 1. The molecule has 1 saturated carbocycles.